The zero-order valence-corrected chi connectivity index (χ0v) is 11.4. The first-order chi connectivity index (χ1) is 9.31. The van der Waals surface area contributed by atoms with Gasteiger partial charge in [0.1, 0.15) is 0 Å². The van der Waals surface area contributed by atoms with Gasteiger partial charge in [-0.3, -0.25) is 4.79 Å². The molecule has 2 N–H and O–H groups in total. The molecule has 1 heterocycles. The van der Waals surface area contributed by atoms with Crippen LogP contribution in [0.3, 0.4) is 0 Å². The molecule has 1 atom stereocenters. The minimum Gasteiger partial charge on any atom is -0.385 e. The Bertz CT molecular complexity index is 414. The largest absolute Gasteiger partial charge is 0.385 e. The zero-order valence-electron chi connectivity index (χ0n) is 11.4. The predicted molar refractivity (Wildman–Crippen MR) is 76.5 cm³/mol. The Kier molecular flexibility index (Phi) is 5.21. The maximum atomic E-state index is 12.2. The number of benzene rings is 1. The lowest BCUT2D eigenvalue weighted by Crippen LogP contribution is -2.35. The predicted octanol–water partition coefficient (Wildman–Crippen LogP) is 2.42. The summed E-state index contributed by atoms with van der Waals surface area (Å²) >= 11 is 0. The summed E-state index contributed by atoms with van der Waals surface area (Å²) in [5, 5.41) is 6.17. The fourth-order valence-electron chi connectivity index (χ4n) is 2.30. The normalized spacial score (nSPS) is 18.9. The molecule has 1 aliphatic rings. The van der Waals surface area contributed by atoms with Crippen molar-refractivity contribution in [2.75, 3.05) is 25.0 Å². The summed E-state index contributed by atoms with van der Waals surface area (Å²) in [6, 6.07) is 7.58. The molecule has 0 bridgehead atoms. The summed E-state index contributed by atoms with van der Waals surface area (Å²) in [6.45, 7) is 4.23. The van der Waals surface area contributed by atoms with Crippen molar-refractivity contribution in [2.24, 2.45) is 0 Å². The summed E-state index contributed by atoms with van der Waals surface area (Å²) in [5.74, 6) is -0.0364. The van der Waals surface area contributed by atoms with Crippen LogP contribution >= 0.6 is 0 Å². The van der Waals surface area contributed by atoms with E-state index in [0.29, 0.717) is 12.1 Å². The Balaban J connectivity index is 1.91. The molecule has 2 rings (SSSR count). The quantitative estimate of drug-likeness (QED) is 0.857. The lowest BCUT2D eigenvalue weighted by Gasteiger charge is -2.23. The van der Waals surface area contributed by atoms with Gasteiger partial charge in [0.2, 0.25) is 0 Å². The van der Waals surface area contributed by atoms with Crippen molar-refractivity contribution in [1.29, 1.82) is 0 Å². The van der Waals surface area contributed by atoms with Crippen LogP contribution in [-0.4, -0.2) is 31.7 Å². The maximum Gasteiger partial charge on any atom is 0.253 e. The molecule has 0 saturated carbocycles. The second kappa shape index (κ2) is 7.14. The summed E-state index contributed by atoms with van der Waals surface area (Å²) in [4.78, 5) is 12.2. The molecule has 1 unspecified atom stereocenters. The third-order valence-electron chi connectivity index (χ3n) is 3.30. The van der Waals surface area contributed by atoms with Gasteiger partial charge in [0, 0.05) is 25.4 Å². The molecule has 4 nitrogen and oxygen atoms in total. The van der Waals surface area contributed by atoms with Gasteiger partial charge in [-0.1, -0.05) is 12.1 Å². The van der Waals surface area contributed by atoms with E-state index in [1.807, 2.05) is 31.2 Å². The average Bonchev–Trinajstić information content (AvgIpc) is 2.47. The SMILES string of the molecule is CCNc1ccccc1C(=O)NCC1CCCCO1. The molecule has 0 radical (unpaired) electrons. The lowest BCUT2D eigenvalue weighted by atomic mass is 10.1. The third kappa shape index (κ3) is 3.96. The third-order valence-corrected chi connectivity index (χ3v) is 3.30. The Morgan fingerprint density at radius 2 is 2.21 bits per heavy atom. The van der Waals surface area contributed by atoms with Gasteiger partial charge in [-0.25, -0.2) is 0 Å². The molecule has 1 amide bonds. The van der Waals surface area contributed by atoms with E-state index in [1.165, 1.54) is 6.42 Å². The molecule has 104 valence electrons. The smallest absolute Gasteiger partial charge is 0.253 e. The van der Waals surface area contributed by atoms with Crippen LogP contribution in [0.1, 0.15) is 36.5 Å². The summed E-state index contributed by atoms with van der Waals surface area (Å²) in [5.41, 5.74) is 1.58. The first-order valence-corrected chi connectivity index (χ1v) is 7.04. The van der Waals surface area contributed by atoms with Crippen molar-refractivity contribution < 1.29 is 9.53 Å². The van der Waals surface area contributed by atoms with Crippen molar-refractivity contribution in [3.8, 4) is 0 Å². The number of para-hydroxylation sites is 1. The van der Waals surface area contributed by atoms with Crippen molar-refractivity contribution in [3.63, 3.8) is 0 Å². The van der Waals surface area contributed by atoms with E-state index in [9.17, 15) is 4.79 Å². The lowest BCUT2D eigenvalue weighted by molar-refractivity contribution is 0.0169. The monoisotopic (exact) mass is 262 g/mol. The summed E-state index contributed by atoms with van der Waals surface area (Å²) < 4.78 is 5.61. The van der Waals surface area contributed by atoms with Crippen molar-refractivity contribution in [1.82, 2.24) is 5.32 Å². The van der Waals surface area contributed by atoms with Gasteiger partial charge in [-0.05, 0) is 38.3 Å². The number of hydrogen-bond donors (Lipinski definition) is 2. The first-order valence-electron chi connectivity index (χ1n) is 7.04. The second-order valence-electron chi connectivity index (χ2n) is 4.77. The number of amides is 1. The second-order valence-corrected chi connectivity index (χ2v) is 4.77. The molecule has 0 aliphatic carbocycles. The molecule has 19 heavy (non-hydrogen) atoms. The molecular formula is C15H22N2O2. The van der Waals surface area contributed by atoms with Crippen molar-refractivity contribution >= 4 is 11.6 Å². The highest BCUT2D eigenvalue weighted by Gasteiger charge is 2.16. The van der Waals surface area contributed by atoms with Crippen molar-refractivity contribution in [3.05, 3.63) is 29.8 Å². The molecule has 1 saturated heterocycles. The standard InChI is InChI=1S/C15H22N2O2/c1-2-16-14-9-4-3-8-13(14)15(18)17-11-12-7-5-6-10-19-12/h3-4,8-9,12,16H,2,5-7,10-11H2,1H3,(H,17,18). The van der Waals surface area contributed by atoms with Gasteiger partial charge >= 0.3 is 0 Å². The number of ether oxygens (including phenoxy) is 1. The summed E-state index contributed by atoms with van der Waals surface area (Å²) in [7, 11) is 0. The van der Waals surface area contributed by atoms with Gasteiger partial charge in [0.25, 0.3) is 5.91 Å². The van der Waals surface area contributed by atoms with Crippen LogP contribution in [-0.2, 0) is 4.74 Å². The Morgan fingerprint density at radius 1 is 1.37 bits per heavy atom. The number of rotatable bonds is 5. The van der Waals surface area contributed by atoms with Crippen LogP contribution in [0, 0.1) is 0 Å². The highest BCUT2D eigenvalue weighted by atomic mass is 16.5. The molecular weight excluding hydrogens is 240 g/mol. The average molecular weight is 262 g/mol. The molecule has 0 aromatic heterocycles. The Hall–Kier alpha value is -1.55. The molecule has 0 spiro atoms. The van der Waals surface area contributed by atoms with Gasteiger partial charge in [-0.2, -0.15) is 0 Å². The minimum atomic E-state index is -0.0364. The highest BCUT2D eigenvalue weighted by molar-refractivity contribution is 5.99. The van der Waals surface area contributed by atoms with Crippen molar-refractivity contribution in [2.45, 2.75) is 32.3 Å². The van der Waals surface area contributed by atoms with E-state index in [4.69, 9.17) is 4.74 Å². The first kappa shape index (κ1) is 13.9. The Morgan fingerprint density at radius 3 is 2.95 bits per heavy atom. The van der Waals surface area contributed by atoms with Gasteiger partial charge < -0.3 is 15.4 Å². The van der Waals surface area contributed by atoms with Crippen LogP contribution in [0.25, 0.3) is 0 Å². The van der Waals surface area contributed by atoms with E-state index in [2.05, 4.69) is 10.6 Å². The van der Waals surface area contributed by atoms with Gasteiger partial charge in [0.05, 0.1) is 11.7 Å². The molecule has 1 aromatic carbocycles. The number of hydrogen-bond acceptors (Lipinski definition) is 3. The van der Waals surface area contributed by atoms with Crippen LogP contribution in [0.5, 0.6) is 0 Å². The van der Waals surface area contributed by atoms with E-state index in [-0.39, 0.29) is 12.0 Å². The number of anilines is 1. The van der Waals surface area contributed by atoms with Crippen LogP contribution < -0.4 is 10.6 Å². The highest BCUT2D eigenvalue weighted by Crippen LogP contribution is 2.15. The fraction of sp³-hybridized carbons (Fsp3) is 0.533. The van der Waals surface area contributed by atoms with Gasteiger partial charge in [-0.15, -0.1) is 0 Å². The minimum absolute atomic E-state index is 0.0364. The van der Waals surface area contributed by atoms with E-state index >= 15 is 0 Å². The maximum absolute atomic E-state index is 12.2. The number of nitrogens with one attached hydrogen (secondary N) is 2. The zero-order chi connectivity index (χ0) is 13.5. The Labute approximate surface area is 114 Å². The number of carbonyl (C=O) groups is 1. The van der Waals surface area contributed by atoms with E-state index in [0.717, 1.165) is 31.7 Å². The molecule has 1 fully saturated rings. The van der Waals surface area contributed by atoms with Crippen LogP contribution in [0.4, 0.5) is 5.69 Å². The molecule has 1 aliphatic heterocycles. The summed E-state index contributed by atoms with van der Waals surface area (Å²) in [6.07, 6.45) is 3.53. The number of carbonyl (C=O) groups excluding carboxylic acids is 1. The van der Waals surface area contributed by atoms with Gasteiger partial charge in [0.15, 0.2) is 0 Å². The van der Waals surface area contributed by atoms with E-state index in [1.54, 1.807) is 0 Å². The fourth-order valence-corrected chi connectivity index (χ4v) is 2.30. The molecule has 4 heteroatoms. The van der Waals surface area contributed by atoms with E-state index < -0.39 is 0 Å². The van der Waals surface area contributed by atoms with Crippen LogP contribution in [0.15, 0.2) is 24.3 Å². The molecule has 1 aromatic rings. The van der Waals surface area contributed by atoms with Crippen LogP contribution in [0.2, 0.25) is 0 Å². The topological polar surface area (TPSA) is 50.4 Å².